The molecule has 0 heterocycles. The predicted molar refractivity (Wildman–Crippen MR) is 61.8 cm³/mol. The molecular formula is C13H16O2. The third-order valence-corrected chi connectivity index (χ3v) is 1.65. The van der Waals surface area contributed by atoms with Crippen LogP contribution < -0.4 is 0 Å². The van der Waals surface area contributed by atoms with Gasteiger partial charge in [0.15, 0.2) is 0 Å². The van der Waals surface area contributed by atoms with Crippen LogP contribution in [-0.2, 0) is 0 Å². The van der Waals surface area contributed by atoms with E-state index >= 15 is 0 Å². The molecule has 0 rings (SSSR count). The van der Waals surface area contributed by atoms with Crippen molar-refractivity contribution in [1.82, 2.24) is 0 Å². The normalized spacial score (nSPS) is 14.1. The first-order chi connectivity index (χ1) is 7.22. The third-order valence-electron chi connectivity index (χ3n) is 1.65. The minimum atomic E-state index is -0.854. The molecule has 0 aliphatic carbocycles. The number of hydrogen-bond donors (Lipinski definition) is 2. The van der Waals surface area contributed by atoms with Crippen LogP contribution in [0, 0.1) is 23.7 Å². The van der Waals surface area contributed by atoms with Crippen LogP contribution in [0.15, 0.2) is 24.3 Å². The number of rotatable bonds is 3. The van der Waals surface area contributed by atoms with Crippen LogP contribution >= 0.6 is 0 Å². The molecule has 2 N–H and O–H groups in total. The zero-order valence-electron chi connectivity index (χ0n) is 9.07. The van der Waals surface area contributed by atoms with E-state index in [4.69, 9.17) is 0 Å². The fraction of sp³-hybridized carbons (Fsp3) is 0.385. The molecule has 0 aliphatic heterocycles. The zero-order chi connectivity index (χ0) is 11.5. The second-order valence-corrected chi connectivity index (χ2v) is 2.86. The molecule has 0 radical (unpaired) electrons. The molecule has 2 heteroatoms. The maximum atomic E-state index is 9.31. The van der Waals surface area contributed by atoms with Crippen molar-refractivity contribution >= 4 is 0 Å². The summed E-state index contributed by atoms with van der Waals surface area (Å²) in [5.41, 5.74) is 0. The number of hydrogen-bond acceptors (Lipinski definition) is 2. The molecule has 0 saturated carbocycles. The molecule has 2 atom stereocenters. The van der Waals surface area contributed by atoms with Crippen LogP contribution in [-0.4, -0.2) is 22.4 Å². The second kappa shape index (κ2) is 9.09. The molecule has 0 saturated heterocycles. The van der Waals surface area contributed by atoms with Gasteiger partial charge in [-0.1, -0.05) is 24.8 Å². The van der Waals surface area contributed by atoms with Crippen molar-refractivity contribution < 1.29 is 10.2 Å². The van der Waals surface area contributed by atoms with Crippen molar-refractivity contribution in [1.29, 1.82) is 0 Å². The lowest BCUT2D eigenvalue weighted by molar-refractivity contribution is 0.0466. The van der Waals surface area contributed by atoms with Gasteiger partial charge >= 0.3 is 0 Å². The van der Waals surface area contributed by atoms with Crippen molar-refractivity contribution in [3.63, 3.8) is 0 Å². The lowest BCUT2D eigenvalue weighted by Gasteiger charge is -2.10. The van der Waals surface area contributed by atoms with Gasteiger partial charge in [0.2, 0.25) is 0 Å². The summed E-state index contributed by atoms with van der Waals surface area (Å²) < 4.78 is 0. The van der Waals surface area contributed by atoms with E-state index in [0.717, 1.165) is 0 Å². The second-order valence-electron chi connectivity index (χ2n) is 2.86. The maximum Gasteiger partial charge on any atom is 0.0988 e. The van der Waals surface area contributed by atoms with Gasteiger partial charge in [-0.3, -0.25) is 0 Å². The van der Waals surface area contributed by atoms with E-state index in [9.17, 15) is 10.2 Å². The van der Waals surface area contributed by atoms with E-state index < -0.39 is 12.2 Å². The molecule has 0 fully saturated rings. The van der Waals surface area contributed by atoms with Crippen molar-refractivity contribution in [2.24, 2.45) is 0 Å². The van der Waals surface area contributed by atoms with Gasteiger partial charge in [-0.25, -0.2) is 0 Å². The SMILES string of the molecule is CC=CC#CC#CC=C[C@H](O)[C@@H](O)CC. The Morgan fingerprint density at radius 1 is 1.13 bits per heavy atom. The zero-order valence-corrected chi connectivity index (χ0v) is 9.07. The van der Waals surface area contributed by atoms with Crippen LogP contribution in [0.2, 0.25) is 0 Å². The van der Waals surface area contributed by atoms with Crippen LogP contribution in [0.1, 0.15) is 20.3 Å². The molecule has 0 aliphatic rings. The van der Waals surface area contributed by atoms with Crippen molar-refractivity contribution in [3.8, 4) is 23.7 Å². The van der Waals surface area contributed by atoms with Gasteiger partial charge < -0.3 is 10.2 Å². The largest absolute Gasteiger partial charge is 0.390 e. The number of aliphatic hydroxyl groups is 2. The average Bonchev–Trinajstić information content (AvgIpc) is 2.26. The summed E-state index contributed by atoms with van der Waals surface area (Å²) in [6.45, 7) is 3.68. The molecule has 0 amide bonds. The van der Waals surface area contributed by atoms with E-state index in [2.05, 4.69) is 23.7 Å². The van der Waals surface area contributed by atoms with Gasteiger partial charge in [0.05, 0.1) is 12.2 Å². The van der Waals surface area contributed by atoms with Crippen molar-refractivity contribution in [3.05, 3.63) is 24.3 Å². The Kier molecular flexibility index (Phi) is 8.19. The smallest absolute Gasteiger partial charge is 0.0988 e. The van der Waals surface area contributed by atoms with Gasteiger partial charge in [0.25, 0.3) is 0 Å². The Labute approximate surface area is 91.3 Å². The molecule has 0 aromatic heterocycles. The van der Waals surface area contributed by atoms with Gasteiger partial charge in [-0.15, -0.1) is 0 Å². The molecule has 2 nitrogen and oxygen atoms in total. The lowest BCUT2D eigenvalue weighted by atomic mass is 10.1. The highest BCUT2D eigenvalue weighted by molar-refractivity contribution is 5.34. The van der Waals surface area contributed by atoms with Crippen LogP contribution in [0.25, 0.3) is 0 Å². The summed E-state index contributed by atoms with van der Waals surface area (Å²) in [7, 11) is 0. The summed E-state index contributed by atoms with van der Waals surface area (Å²) in [5.74, 6) is 10.6. The minimum Gasteiger partial charge on any atom is -0.390 e. The third kappa shape index (κ3) is 7.58. The molecular weight excluding hydrogens is 188 g/mol. The first-order valence-electron chi connectivity index (χ1n) is 4.87. The summed E-state index contributed by atoms with van der Waals surface area (Å²) in [4.78, 5) is 0. The van der Waals surface area contributed by atoms with Gasteiger partial charge in [0.1, 0.15) is 0 Å². The summed E-state index contributed by atoms with van der Waals surface area (Å²) in [6.07, 6.45) is 5.41. The highest BCUT2D eigenvalue weighted by Gasteiger charge is 2.08. The van der Waals surface area contributed by atoms with E-state index in [1.54, 1.807) is 13.0 Å². The Balaban J connectivity index is 4.05. The quantitative estimate of drug-likeness (QED) is 0.679. The molecule has 0 unspecified atom stereocenters. The Morgan fingerprint density at radius 3 is 2.27 bits per heavy atom. The molecule has 0 aromatic carbocycles. The molecule has 0 bridgehead atoms. The molecule has 15 heavy (non-hydrogen) atoms. The highest BCUT2D eigenvalue weighted by Crippen LogP contribution is 1.98. The van der Waals surface area contributed by atoms with Gasteiger partial charge in [0, 0.05) is 0 Å². The maximum absolute atomic E-state index is 9.31. The van der Waals surface area contributed by atoms with Gasteiger partial charge in [-0.05, 0) is 43.4 Å². The van der Waals surface area contributed by atoms with Crippen molar-refractivity contribution in [2.75, 3.05) is 0 Å². The summed E-state index contributed by atoms with van der Waals surface area (Å²) >= 11 is 0. The average molecular weight is 204 g/mol. The summed E-state index contributed by atoms with van der Waals surface area (Å²) in [5, 5.41) is 18.5. The van der Waals surface area contributed by atoms with E-state index in [0.29, 0.717) is 6.42 Å². The lowest BCUT2D eigenvalue weighted by Crippen LogP contribution is -2.22. The fourth-order valence-corrected chi connectivity index (χ4v) is 0.755. The summed E-state index contributed by atoms with van der Waals surface area (Å²) in [6, 6.07) is 0. The Bertz CT molecular complexity index is 331. The minimum absolute atomic E-state index is 0.514. The van der Waals surface area contributed by atoms with Crippen LogP contribution in [0.4, 0.5) is 0 Å². The Hall–Kier alpha value is -1.48. The molecule has 0 aromatic rings. The Morgan fingerprint density at radius 2 is 1.73 bits per heavy atom. The van der Waals surface area contributed by atoms with E-state index in [1.807, 2.05) is 13.0 Å². The highest BCUT2D eigenvalue weighted by atomic mass is 16.3. The first kappa shape index (κ1) is 13.5. The van der Waals surface area contributed by atoms with E-state index in [-0.39, 0.29) is 0 Å². The fourth-order valence-electron chi connectivity index (χ4n) is 0.755. The number of aliphatic hydroxyl groups excluding tert-OH is 2. The van der Waals surface area contributed by atoms with E-state index in [1.165, 1.54) is 12.2 Å². The molecule has 80 valence electrons. The molecule has 0 spiro atoms. The van der Waals surface area contributed by atoms with Gasteiger partial charge in [-0.2, -0.15) is 0 Å². The monoisotopic (exact) mass is 204 g/mol. The standard InChI is InChI=1S/C13H16O2/c1-3-5-6-7-8-9-10-11-13(15)12(14)4-2/h3,5,10-15H,4H2,1-2H3/t12-,13-/m0/s1. The predicted octanol–water partition coefficient (Wildman–Crippen LogP) is 1.26. The first-order valence-corrected chi connectivity index (χ1v) is 4.87. The topological polar surface area (TPSA) is 40.5 Å². The van der Waals surface area contributed by atoms with Crippen molar-refractivity contribution in [2.45, 2.75) is 32.5 Å². The number of allylic oxidation sites excluding steroid dienone is 3. The van der Waals surface area contributed by atoms with Crippen LogP contribution in [0.3, 0.4) is 0 Å². The van der Waals surface area contributed by atoms with Crippen LogP contribution in [0.5, 0.6) is 0 Å².